The first kappa shape index (κ1) is 20.7. The Morgan fingerprint density at radius 3 is 2.64 bits per heavy atom. The van der Waals surface area contributed by atoms with Crippen molar-refractivity contribution in [3.63, 3.8) is 0 Å². The Kier molecular flexibility index (Phi) is 4.60. The van der Waals surface area contributed by atoms with Crippen molar-refractivity contribution in [1.29, 1.82) is 0 Å². The molecule has 1 aromatic heterocycles. The van der Waals surface area contributed by atoms with Gasteiger partial charge in [0.1, 0.15) is 0 Å². The van der Waals surface area contributed by atoms with E-state index in [1.165, 1.54) is 36.0 Å². The number of hydrogen-bond donors (Lipinski definition) is 2. The quantitative estimate of drug-likeness (QED) is 0.505. The molecule has 0 radical (unpaired) electrons. The molecule has 3 aromatic rings. The maximum absolute atomic E-state index is 13.8. The molecule has 1 aliphatic heterocycles. The number of nitrogen functional groups attached to an aromatic ring is 1. The molecule has 0 spiro atoms. The van der Waals surface area contributed by atoms with Crippen molar-refractivity contribution in [1.82, 2.24) is 9.88 Å². The molecule has 3 N–H and O–H groups in total. The molecule has 0 amide bonds. The number of anilines is 1. The van der Waals surface area contributed by atoms with Gasteiger partial charge in [-0.15, -0.1) is 0 Å². The minimum Gasteiger partial charge on any atom is -0.399 e. The molecular weight excluding hydrogens is 406 g/mol. The van der Waals surface area contributed by atoms with E-state index in [4.69, 9.17) is 5.73 Å². The van der Waals surface area contributed by atoms with Crippen molar-refractivity contribution in [2.24, 2.45) is 0 Å². The second-order valence-electron chi connectivity index (χ2n) is 10.6. The molecule has 6 rings (SSSR count). The lowest BCUT2D eigenvalue weighted by Gasteiger charge is -2.39. The van der Waals surface area contributed by atoms with Crippen LogP contribution in [0.2, 0.25) is 0 Å². The van der Waals surface area contributed by atoms with Crippen molar-refractivity contribution < 1.29 is 4.79 Å². The first-order chi connectivity index (χ1) is 15.9. The predicted molar refractivity (Wildman–Crippen MR) is 136 cm³/mol. The summed E-state index contributed by atoms with van der Waals surface area (Å²) < 4.78 is 0. The standard InChI is InChI=1S/C29H33N3O/c1-4-17-14-23-24(16-22(17)18-10-12-32(13-11-18)20-6-5-7-20)29(2,3)28-26(27(23)33)21-9-8-19(30)15-25(21)31-28/h8-10,14-16,20,31H,4-7,11-13,30H2,1-3H3. The zero-order chi connectivity index (χ0) is 22.9. The van der Waals surface area contributed by atoms with E-state index in [1.54, 1.807) is 0 Å². The van der Waals surface area contributed by atoms with Crippen LogP contribution in [0.15, 0.2) is 36.4 Å². The maximum atomic E-state index is 13.8. The molecule has 33 heavy (non-hydrogen) atoms. The lowest BCUT2D eigenvalue weighted by atomic mass is 9.69. The van der Waals surface area contributed by atoms with Crippen LogP contribution in [-0.4, -0.2) is 34.8 Å². The number of H-pyrrole nitrogens is 1. The van der Waals surface area contributed by atoms with Gasteiger partial charge in [0.2, 0.25) is 0 Å². The number of carbonyl (C=O) groups is 1. The molecule has 4 nitrogen and oxygen atoms in total. The van der Waals surface area contributed by atoms with Gasteiger partial charge in [-0.2, -0.15) is 0 Å². The van der Waals surface area contributed by atoms with E-state index in [1.807, 2.05) is 18.2 Å². The molecule has 1 saturated carbocycles. The topological polar surface area (TPSA) is 62.1 Å². The fraction of sp³-hybridized carbons (Fsp3) is 0.414. The Morgan fingerprint density at radius 2 is 1.97 bits per heavy atom. The van der Waals surface area contributed by atoms with Gasteiger partial charge in [0.15, 0.2) is 5.78 Å². The number of nitrogens with two attached hydrogens (primary N) is 1. The van der Waals surface area contributed by atoms with E-state index in [-0.39, 0.29) is 11.2 Å². The number of carbonyl (C=O) groups excluding carboxylic acids is 1. The number of nitrogens with one attached hydrogen (secondary N) is 1. The van der Waals surface area contributed by atoms with Crippen molar-refractivity contribution in [3.8, 4) is 0 Å². The van der Waals surface area contributed by atoms with E-state index in [2.05, 4.69) is 48.9 Å². The molecule has 0 atom stereocenters. The predicted octanol–water partition coefficient (Wildman–Crippen LogP) is 5.82. The van der Waals surface area contributed by atoms with Gasteiger partial charge in [0.25, 0.3) is 0 Å². The molecule has 4 heteroatoms. The van der Waals surface area contributed by atoms with E-state index in [9.17, 15) is 4.79 Å². The highest BCUT2D eigenvalue weighted by molar-refractivity contribution is 6.20. The zero-order valence-electron chi connectivity index (χ0n) is 19.9. The molecular formula is C29H33N3O. The number of ketones is 1. The number of fused-ring (bicyclic) bond motifs is 4. The van der Waals surface area contributed by atoms with Gasteiger partial charge in [-0.25, -0.2) is 0 Å². The summed E-state index contributed by atoms with van der Waals surface area (Å²) in [6, 6.07) is 11.1. The summed E-state index contributed by atoms with van der Waals surface area (Å²) in [5.41, 5.74) is 15.3. The van der Waals surface area contributed by atoms with E-state index >= 15 is 0 Å². The monoisotopic (exact) mass is 439 g/mol. The van der Waals surface area contributed by atoms with Crippen molar-refractivity contribution in [3.05, 3.63) is 69.9 Å². The van der Waals surface area contributed by atoms with Crippen LogP contribution in [0.3, 0.4) is 0 Å². The third kappa shape index (κ3) is 3.03. The van der Waals surface area contributed by atoms with Crippen LogP contribution in [0.25, 0.3) is 16.5 Å². The lowest BCUT2D eigenvalue weighted by Crippen LogP contribution is -2.42. The van der Waals surface area contributed by atoms with Gasteiger partial charge in [0.05, 0.1) is 5.56 Å². The largest absolute Gasteiger partial charge is 0.399 e. The average Bonchev–Trinajstić information content (AvgIpc) is 3.16. The summed E-state index contributed by atoms with van der Waals surface area (Å²) in [6.07, 6.45) is 8.56. The summed E-state index contributed by atoms with van der Waals surface area (Å²) in [7, 11) is 0. The van der Waals surface area contributed by atoms with Gasteiger partial charge >= 0.3 is 0 Å². The van der Waals surface area contributed by atoms with E-state index < -0.39 is 0 Å². The number of hydrogen-bond acceptors (Lipinski definition) is 3. The van der Waals surface area contributed by atoms with Crippen LogP contribution in [0, 0.1) is 0 Å². The Balaban J connectivity index is 1.47. The normalized spacial score (nSPS) is 20.3. The molecule has 2 heterocycles. The molecule has 2 aromatic carbocycles. The highest BCUT2D eigenvalue weighted by Gasteiger charge is 2.40. The number of aryl methyl sites for hydroxylation is 1. The molecule has 170 valence electrons. The smallest absolute Gasteiger partial charge is 0.195 e. The number of aromatic amines is 1. The number of benzene rings is 2. The lowest BCUT2D eigenvalue weighted by molar-refractivity contribution is 0.103. The van der Waals surface area contributed by atoms with Crippen molar-refractivity contribution in [2.45, 2.75) is 64.3 Å². The molecule has 0 bridgehead atoms. The van der Waals surface area contributed by atoms with Crippen LogP contribution in [-0.2, 0) is 11.8 Å². The summed E-state index contributed by atoms with van der Waals surface area (Å²) >= 11 is 0. The highest BCUT2D eigenvalue weighted by atomic mass is 16.1. The Labute approximate surface area is 195 Å². The van der Waals surface area contributed by atoms with Gasteiger partial charge in [-0.1, -0.05) is 39.3 Å². The van der Waals surface area contributed by atoms with Crippen LogP contribution in [0.4, 0.5) is 5.69 Å². The second-order valence-corrected chi connectivity index (χ2v) is 10.6. The molecule has 0 saturated heterocycles. The van der Waals surface area contributed by atoms with E-state index in [0.29, 0.717) is 5.69 Å². The zero-order valence-corrected chi connectivity index (χ0v) is 19.9. The van der Waals surface area contributed by atoms with E-state index in [0.717, 1.165) is 65.3 Å². The Morgan fingerprint density at radius 1 is 1.15 bits per heavy atom. The molecule has 2 aliphatic carbocycles. The number of rotatable bonds is 3. The fourth-order valence-corrected chi connectivity index (χ4v) is 6.14. The molecule has 3 aliphatic rings. The van der Waals surface area contributed by atoms with Crippen molar-refractivity contribution in [2.75, 3.05) is 18.8 Å². The summed E-state index contributed by atoms with van der Waals surface area (Å²) in [4.78, 5) is 20.0. The highest BCUT2D eigenvalue weighted by Crippen LogP contribution is 2.45. The van der Waals surface area contributed by atoms with Crippen molar-refractivity contribution >= 4 is 27.9 Å². The number of nitrogens with zero attached hydrogens (tertiary/aromatic N) is 1. The SMILES string of the molecule is CCc1cc2c(cc1C1=CCN(C3CCC3)CC1)C(C)(C)c1[nH]c3cc(N)ccc3c1C2=O. The Hall–Kier alpha value is -2.85. The summed E-state index contributed by atoms with van der Waals surface area (Å²) in [6.45, 7) is 8.87. The second kappa shape index (κ2) is 7.33. The third-order valence-electron chi connectivity index (χ3n) is 8.39. The van der Waals surface area contributed by atoms with Gasteiger partial charge in [-0.3, -0.25) is 9.69 Å². The maximum Gasteiger partial charge on any atom is 0.195 e. The number of aromatic nitrogens is 1. The third-order valence-corrected chi connectivity index (χ3v) is 8.39. The van der Waals surface area contributed by atoms with Crippen LogP contribution < -0.4 is 5.73 Å². The van der Waals surface area contributed by atoms with Crippen LogP contribution in [0.5, 0.6) is 0 Å². The molecule has 0 unspecified atom stereocenters. The fourth-order valence-electron chi connectivity index (χ4n) is 6.14. The van der Waals surface area contributed by atoms with Gasteiger partial charge in [0, 0.05) is 52.4 Å². The van der Waals surface area contributed by atoms with Crippen LogP contribution in [0.1, 0.15) is 84.8 Å². The Bertz CT molecular complexity index is 1320. The van der Waals surface area contributed by atoms with Gasteiger partial charge in [-0.05, 0) is 72.2 Å². The minimum absolute atomic E-state index is 0.130. The first-order valence-corrected chi connectivity index (χ1v) is 12.5. The summed E-state index contributed by atoms with van der Waals surface area (Å²) in [5, 5.41) is 0.969. The molecule has 1 fully saturated rings. The van der Waals surface area contributed by atoms with Gasteiger partial charge < -0.3 is 10.7 Å². The summed E-state index contributed by atoms with van der Waals surface area (Å²) in [5.74, 6) is 0.130. The minimum atomic E-state index is -0.291. The first-order valence-electron chi connectivity index (χ1n) is 12.5. The average molecular weight is 440 g/mol. The van der Waals surface area contributed by atoms with Crippen LogP contribution >= 0.6 is 0 Å².